The zero-order valence-corrected chi connectivity index (χ0v) is 11.9. The first kappa shape index (κ1) is 14.1. The van der Waals surface area contributed by atoms with E-state index in [4.69, 9.17) is 5.73 Å². The molecule has 3 N–H and O–H groups in total. The summed E-state index contributed by atoms with van der Waals surface area (Å²) in [7, 11) is 0. The summed E-state index contributed by atoms with van der Waals surface area (Å²) >= 11 is 0. The van der Waals surface area contributed by atoms with Crippen LogP contribution in [0.15, 0.2) is 24.3 Å². The molecule has 0 saturated heterocycles. The molecule has 1 unspecified atom stereocenters. The number of hydrogen-bond donors (Lipinski definition) is 2. The lowest BCUT2D eigenvalue weighted by Gasteiger charge is -2.26. The van der Waals surface area contributed by atoms with Crippen LogP contribution in [0.5, 0.6) is 0 Å². The van der Waals surface area contributed by atoms with Crippen molar-refractivity contribution < 1.29 is 4.79 Å². The second kappa shape index (κ2) is 6.20. The van der Waals surface area contributed by atoms with Gasteiger partial charge in [-0.3, -0.25) is 4.79 Å². The van der Waals surface area contributed by atoms with Crippen LogP contribution in [-0.2, 0) is 11.2 Å². The summed E-state index contributed by atoms with van der Waals surface area (Å²) in [6, 6.07) is 8.16. The average Bonchev–Trinajstić information content (AvgIpc) is 2.43. The highest BCUT2D eigenvalue weighted by atomic mass is 16.2. The van der Waals surface area contributed by atoms with Gasteiger partial charge in [-0.1, -0.05) is 38.1 Å². The van der Waals surface area contributed by atoms with E-state index in [1.54, 1.807) is 0 Å². The first-order valence-electron chi connectivity index (χ1n) is 7.20. The van der Waals surface area contributed by atoms with E-state index in [9.17, 15) is 4.79 Å². The largest absolute Gasteiger partial charge is 0.354 e. The molecule has 1 amide bonds. The first-order valence-corrected chi connectivity index (χ1v) is 7.20. The van der Waals surface area contributed by atoms with Gasteiger partial charge in [0, 0.05) is 12.5 Å². The number of aryl methyl sites for hydroxylation is 1. The smallest absolute Gasteiger partial charge is 0.237 e. The summed E-state index contributed by atoms with van der Waals surface area (Å²) in [5, 5.41) is 3.01. The number of hydrogen-bond acceptors (Lipinski definition) is 2. The lowest BCUT2D eigenvalue weighted by atomic mass is 9.83. The zero-order chi connectivity index (χ0) is 13.8. The minimum Gasteiger partial charge on any atom is -0.354 e. The molecule has 0 bridgehead atoms. The van der Waals surface area contributed by atoms with E-state index in [-0.39, 0.29) is 11.8 Å². The van der Waals surface area contributed by atoms with E-state index in [1.807, 2.05) is 13.8 Å². The summed E-state index contributed by atoms with van der Waals surface area (Å²) in [6.07, 6.45) is 3.51. The SMILES string of the molecule is CC(C)[C@H](N)C(=O)NCC1CCCc2ccccc21. The van der Waals surface area contributed by atoms with Gasteiger partial charge in [0.15, 0.2) is 0 Å². The van der Waals surface area contributed by atoms with Gasteiger partial charge in [-0.2, -0.15) is 0 Å². The van der Waals surface area contributed by atoms with Crippen LogP contribution in [0.25, 0.3) is 0 Å². The second-order valence-corrected chi connectivity index (χ2v) is 5.80. The Bertz CT molecular complexity index is 442. The molecule has 2 rings (SSSR count). The van der Waals surface area contributed by atoms with Gasteiger partial charge in [-0.15, -0.1) is 0 Å². The lowest BCUT2D eigenvalue weighted by molar-refractivity contribution is -0.123. The van der Waals surface area contributed by atoms with E-state index >= 15 is 0 Å². The molecular weight excluding hydrogens is 236 g/mol. The Morgan fingerprint density at radius 2 is 2.16 bits per heavy atom. The highest BCUT2D eigenvalue weighted by molar-refractivity contribution is 5.81. The molecule has 1 aromatic rings. The van der Waals surface area contributed by atoms with Gasteiger partial charge >= 0.3 is 0 Å². The van der Waals surface area contributed by atoms with Crippen LogP contribution in [0.4, 0.5) is 0 Å². The molecule has 0 spiro atoms. The minimum atomic E-state index is -0.404. The van der Waals surface area contributed by atoms with Crippen molar-refractivity contribution in [3.05, 3.63) is 35.4 Å². The number of rotatable bonds is 4. The fraction of sp³-hybridized carbons (Fsp3) is 0.562. The van der Waals surface area contributed by atoms with Crippen molar-refractivity contribution in [2.24, 2.45) is 11.7 Å². The predicted molar refractivity (Wildman–Crippen MR) is 77.9 cm³/mol. The monoisotopic (exact) mass is 260 g/mol. The van der Waals surface area contributed by atoms with Crippen molar-refractivity contribution in [3.63, 3.8) is 0 Å². The Morgan fingerprint density at radius 1 is 1.42 bits per heavy atom. The number of fused-ring (bicyclic) bond motifs is 1. The predicted octanol–water partition coefficient (Wildman–Crippen LogP) is 2.21. The van der Waals surface area contributed by atoms with Crippen molar-refractivity contribution in [2.75, 3.05) is 6.54 Å². The van der Waals surface area contributed by atoms with Gasteiger partial charge in [0.25, 0.3) is 0 Å². The molecule has 1 aliphatic rings. The highest BCUT2D eigenvalue weighted by Crippen LogP contribution is 2.30. The Labute approximate surface area is 115 Å². The van der Waals surface area contributed by atoms with Crippen molar-refractivity contribution >= 4 is 5.91 Å². The molecule has 19 heavy (non-hydrogen) atoms. The Hall–Kier alpha value is -1.35. The molecule has 3 nitrogen and oxygen atoms in total. The number of nitrogens with one attached hydrogen (secondary N) is 1. The van der Waals surface area contributed by atoms with E-state index in [0.29, 0.717) is 12.5 Å². The molecule has 0 aromatic heterocycles. The summed E-state index contributed by atoms with van der Waals surface area (Å²) in [5.74, 6) is 0.588. The molecule has 0 fully saturated rings. The van der Waals surface area contributed by atoms with Crippen LogP contribution in [-0.4, -0.2) is 18.5 Å². The molecule has 0 heterocycles. The third kappa shape index (κ3) is 3.35. The van der Waals surface area contributed by atoms with Gasteiger partial charge in [-0.25, -0.2) is 0 Å². The van der Waals surface area contributed by atoms with Gasteiger partial charge < -0.3 is 11.1 Å². The molecule has 1 aliphatic carbocycles. The van der Waals surface area contributed by atoms with Crippen LogP contribution in [0.3, 0.4) is 0 Å². The standard InChI is InChI=1S/C16H24N2O/c1-11(2)15(17)16(19)18-10-13-8-5-7-12-6-3-4-9-14(12)13/h3-4,6,9,11,13,15H,5,7-8,10,17H2,1-2H3,(H,18,19)/t13?,15-/m0/s1. The zero-order valence-electron chi connectivity index (χ0n) is 11.9. The molecule has 3 heteroatoms. The number of nitrogens with two attached hydrogens (primary N) is 1. The van der Waals surface area contributed by atoms with Crippen LogP contribution in [0, 0.1) is 5.92 Å². The van der Waals surface area contributed by atoms with Crippen LogP contribution < -0.4 is 11.1 Å². The van der Waals surface area contributed by atoms with E-state index < -0.39 is 6.04 Å². The minimum absolute atomic E-state index is 0.0296. The van der Waals surface area contributed by atoms with Crippen molar-refractivity contribution in [1.82, 2.24) is 5.32 Å². The Morgan fingerprint density at radius 3 is 2.89 bits per heavy atom. The van der Waals surface area contributed by atoms with Crippen LogP contribution in [0.2, 0.25) is 0 Å². The first-order chi connectivity index (χ1) is 9.09. The van der Waals surface area contributed by atoms with E-state index in [2.05, 4.69) is 29.6 Å². The van der Waals surface area contributed by atoms with Crippen molar-refractivity contribution in [1.29, 1.82) is 0 Å². The second-order valence-electron chi connectivity index (χ2n) is 5.80. The quantitative estimate of drug-likeness (QED) is 0.872. The van der Waals surface area contributed by atoms with Crippen molar-refractivity contribution in [2.45, 2.75) is 45.1 Å². The Balaban J connectivity index is 1.96. The highest BCUT2D eigenvalue weighted by Gasteiger charge is 2.22. The van der Waals surface area contributed by atoms with Gasteiger partial charge in [0.05, 0.1) is 6.04 Å². The van der Waals surface area contributed by atoms with Gasteiger partial charge in [-0.05, 0) is 36.3 Å². The summed E-state index contributed by atoms with van der Waals surface area (Å²) in [6.45, 7) is 4.65. The number of benzene rings is 1. The third-order valence-corrected chi connectivity index (χ3v) is 4.04. The van der Waals surface area contributed by atoms with Gasteiger partial charge in [0.2, 0.25) is 5.91 Å². The molecule has 0 saturated carbocycles. The fourth-order valence-electron chi connectivity index (χ4n) is 2.71. The third-order valence-electron chi connectivity index (χ3n) is 4.04. The summed E-state index contributed by atoms with van der Waals surface area (Å²) in [5.41, 5.74) is 8.69. The maximum absolute atomic E-state index is 11.9. The molecule has 104 valence electrons. The van der Waals surface area contributed by atoms with Crippen molar-refractivity contribution in [3.8, 4) is 0 Å². The molecule has 0 radical (unpaired) electrons. The van der Waals surface area contributed by atoms with Crippen LogP contribution in [0.1, 0.15) is 43.7 Å². The summed E-state index contributed by atoms with van der Waals surface area (Å²) in [4.78, 5) is 11.9. The molecular formula is C16H24N2O. The lowest BCUT2D eigenvalue weighted by Crippen LogP contribution is -2.45. The normalized spacial score (nSPS) is 19.9. The van der Waals surface area contributed by atoms with Crippen LogP contribution >= 0.6 is 0 Å². The van der Waals surface area contributed by atoms with E-state index in [0.717, 1.165) is 12.8 Å². The fourth-order valence-corrected chi connectivity index (χ4v) is 2.71. The number of amides is 1. The number of carbonyl (C=O) groups excluding carboxylic acids is 1. The maximum atomic E-state index is 11.9. The molecule has 0 aliphatic heterocycles. The maximum Gasteiger partial charge on any atom is 0.237 e. The van der Waals surface area contributed by atoms with Gasteiger partial charge in [0.1, 0.15) is 0 Å². The number of carbonyl (C=O) groups is 1. The summed E-state index contributed by atoms with van der Waals surface area (Å²) < 4.78 is 0. The molecule has 1 aromatic carbocycles. The topological polar surface area (TPSA) is 55.1 Å². The average molecular weight is 260 g/mol. The Kier molecular flexibility index (Phi) is 4.59. The van der Waals surface area contributed by atoms with E-state index in [1.165, 1.54) is 17.5 Å². The molecule has 2 atom stereocenters.